The van der Waals surface area contributed by atoms with Crippen molar-refractivity contribution in [2.24, 2.45) is 7.05 Å². The number of carbonyl (C=O) groups excluding carboxylic acids is 2. The Bertz CT molecular complexity index is 467. The molecule has 1 aromatic rings. The fourth-order valence-corrected chi connectivity index (χ4v) is 2.03. The Hall–Kier alpha value is -1.85. The second-order valence-electron chi connectivity index (χ2n) is 4.58. The van der Waals surface area contributed by atoms with E-state index in [4.69, 9.17) is 0 Å². The molecule has 18 heavy (non-hydrogen) atoms. The van der Waals surface area contributed by atoms with Crippen molar-refractivity contribution < 1.29 is 9.59 Å². The number of hydrogen-bond acceptors (Lipinski definition) is 3. The van der Waals surface area contributed by atoms with E-state index in [9.17, 15) is 9.59 Å². The van der Waals surface area contributed by atoms with Crippen LogP contribution in [0, 0.1) is 6.92 Å². The molecule has 0 spiro atoms. The van der Waals surface area contributed by atoms with Gasteiger partial charge < -0.3 is 10.6 Å². The summed E-state index contributed by atoms with van der Waals surface area (Å²) in [5.74, 6) is -0.329. The molecule has 6 heteroatoms. The summed E-state index contributed by atoms with van der Waals surface area (Å²) in [6, 6.07) is -0.431. The average Bonchev–Trinajstić information content (AvgIpc) is 2.55. The van der Waals surface area contributed by atoms with Gasteiger partial charge in [0.15, 0.2) is 0 Å². The SMILES string of the molecule is Cc1c(C(=O)NC2CCCCNC2=O)cnn1C. The highest BCUT2D eigenvalue weighted by Crippen LogP contribution is 2.09. The number of nitrogens with zero attached hydrogens (tertiary/aromatic N) is 2. The smallest absolute Gasteiger partial charge is 0.255 e. The molecule has 1 unspecified atom stereocenters. The maximum absolute atomic E-state index is 12.1. The van der Waals surface area contributed by atoms with Gasteiger partial charge in [-0.25, -0.2) is 0 Å². The molecule has 1 aliphatic heterocycles. The van der Waals surface area contributed by atoms with E-state index < -0.39 is 6.04 Å². The monoisotopic (exact) mass is 250 g/mol. The summed E-state index contributed by atoms with van der Waals surface area (Å²) in [6.07, 6.45) is 4.12. The molecule has 1 saturated heterocycles. The molecule has 1 atom stereocenters. The van der Waals surface area contributed by atoms with E-state index in [1.807, 2.05) is 6.92 Å². The highest BCUT2D eigenvalue weighted by atomic mass is 16.2. The summed E-state index contributed by atoms with van der Waals surface area (Å²) in [6.45, 7) is 2.52. The summed E-state index contributed by atoms with van der Waals surface area (Å²) in [5.41, 5.74) is 1.32. The van der Waals surface area contributed by atoms with Crippen LogP contribution in [0.4, 0.5) is 0 Å². The lowest BCUT2D eigenvalue weighted by Gasteiger charge is -2.14. The molecule has 1 aliphatic rings. The van der Waals surface area contributed by atoms with Crippen LogP contribution >= 0.6 is 0 Å². The standard InChI is InChI=1S/C12H18N4O2/c1-8-9(7-14-16(8)2)11(17)15-10-5-3-4-6-13-12(10)18/h7,10H,3-6H2,1-2H3,(H,13,18)(H,15,17). The van der Waals surface area contributed by atoms with Crippen LogP contribution in [0.25, 0.3) is 0 Å². The van der Waals surface area contributed by atoms with Crippen molar-refractivity contribution in [3.8, 4) is 0 Å². The molecule has 0 bridgehead atoms. The Morgan fingerprint density at radius 1 is 1.56 bits per heavy atom. The van der Waals surface area contributed by atoms with Crippen LogP contribution in [0.15, 0.2) is 6.20 Å². The molecule has 0 saturated carbocycles. The van der Waals surface area contributed by atoms with Gasteiger partial charge >= 0.3 is 0 Å². The maximum Gasteiger partial charge on any atom is 0.255 e. The zero-order chi connectivity index (χ0) is 13.1. The predicted octanol–water partition coefficient (Wildman–Crippen LogP) is 0.127. The first kappa shape index (κ1) is 12.6. The Labute approximate surface area is 106 Å². The molecule has 6 nitrogen and oxygen atoms in total. The van der Waals surface area contributed by atoms with Crippen LogP contribution in [0.1, 0.15) is 35.3 Å². The predicted molar refractivity (Wildman–Crippen MR) is 66.1 cm³/mol. The van der Waals surface area contributed by atoms with Gasteiger partial charge in [-0.1, -0.05) is 0 Å². The molecule has 2 rings (SSSR count). The number of amides is 2. The van der Waals surface area contributed by atoms with E-state index in [-0.39, 0.29) is 11.8 Å². The first-order valence-electron chi connectivity index (χ1n) is 6.17. The largest absolute Gasteiger partial charge is 0.354 e. The van der Waals surface area contributed by atoms with Crippen LogP contribution in [-0.2, 0) is 11.8 Å². The van der Waals surface area contributed by atoms with Gasteiger partial charge in [0.2, 0.25) is 5.91 Å². The summed E-state index contributed by atoms with van der Waals surface area (Å²) in [4.78, 5) is 23.8. The minimum atomic E-state index is -0.431. The molecule has 0 aliphatic carbocycles. The molecule has 0 radical (unpaired) electrons. The summed E-state index contributed by atoms with van der Waals surface area (Å²) < 4.78 is 1.64. The van der Waals surface area contributed by atoms with Gasteiger partial charge in [0, 0.05) is 19.3 Å². The highest BCUT2D eigenvalue weighted by Gasteiger charge is 2.24. The van der Waals surface area contributed by atoms with Gasteiger partial charge in [0.25, 0.3) is 5.91 Å². The molecule has 98 valence electrons. The Balaban J connectivity index is 2.06. The van der Waals surface area contributed by atoms with Crippen LogP contribution in [0.5, 0.6) is 0 Å². The lowest BCUT2D eigenvalue weighted by molar-refractivity contribution is -0.122. The second-order valence-corrected chi connectivity index (χ2v) is 4.58. The molecule has 2 N–H and O–H groups in total. The van der Waals surface area contributed by atoms with E-state index in [1.54, 1.807) is 11.7 Å². The van der Waals surface area contributed by atoms with E-state index >= 15 is 0 Å². The van der Waals surface area contributed by atoms with Crippen molar-refractivity contribution in [2.45, 2.75) is 32.2 Å². The second kappa shape index (κ2) is 5.20. The van der Waals surface area contributed by atoms with Crippen LogP contribution < -0.4 is 10.6 Å². The van der Waals surface area contributed by atoms with E-state index in [1.165, 1.54) is 6.20 Å². The molecule has 2 amide bonds. The molecular weight excluding hydrogens is 232 g/mol. The van der Waals surface area contributed by atoms with E-state index in [2.05, 4.69) is 15.7 Å². The molecule has 2 heterocycles. The number of rotatable bonds is 2. The highest BCUT2D eigenvalue weighted by molar-refractivity contribution is 5.98. The van der Waals surface area contributed by atoms with Crippen molar-refractivity contribution in [2.75, 3.05) is 6.54 Å². The zero-order valence-corrected chi connectivity index (χ0v) is 10.7. The summed E-state index contributed by atoms with van der Waals surface area (Å²) >= 11 is 0. The number of aryl methyl sites for hydroxylation is 1. The third-order valence-corrected chi connectivity index (χ3v) is 3.32. The number of nitrogens with one attached hydrogen (secondary N) is 2. The average molecular weight is 250 g/mol. The topological polar surface area (TPSA) is 76.0 Å². The van der Waals surface area contributed by atoms with Gasteiger partial charge in [-0.15, -0.1) is 0 Å². The van der Waals surface area contributed by atoms with Gasteiger partial charge in [-0.3, -0.25) is 14.3 Å². The van der Waals surface area contributed by atoms with Crippen LogP contribution in [0.2, 0.25) is 0 Å². The lowest BCUT2D eigenvalue weighted by Crippen LogP contribution is -2.45. The Morgan fingerprint density at radius 3 is 3.00 bits per heavy atom. The summed E-state index contributed by atoms with van der Waals surface area (Å²) in [5, 5.41) is 9.59. The first-order valence-corrected chi connectivity index (χ1v) is 6.17. The third-order valence-electron chi connectivity index (χ3n) is 3.32. The number of hydrogen-bond donors (Lipinski definition) is 2. The molecule has 1 fully saturated rings. The quantitative estimate of drug-likeness (QED) is 0.783. The fourth-order valence-electron chi connectivity index (χ4n) is 2.03. The Morgan fingerprint density at radius 2 is 2.33 bits per heavy atom. The molecule has 0 aromatic carbocycles. The number of aromatic nitrogens is 2. The van der Waals surface area contributed by atoms with Gasteiger partial charge in [-0.2, -0.15) is 5.10 Å². The van der Waals surface area contributed by atoms with Crippen LogP contribution in [0.3, 0.4) is 0 Å². The molecule has 1 aromatic heterocycles. The third kappa shape index (κ3) is 2.52. The van der Waals surface area contributed by atoms with Crippen LogP contribution in [-0.4, -0.2) is 34.2 Å². The Kier molecular flexibility index (Phi) is 3.64. The van der Waals surface area contributed by atoms with Gasteiger partial charge in [-0.05, 0) is 26.2 Å². The van der Waals surface area contributed by atoms with Crippen molar-refractivity contribution in [3.63, 3.8) is 0 Å². The van der Waals surface area contributed by atoms with Crippen molar-refractivity contribution in [1.82, 2.24) is 20.4 Å². The van der Waals surface area contributed by atoms with Gasteiger partial charge in [0.1, 0.15) is 6.04 Å². The normalized spacial score (nSPS) is 20.1. The first-order chi connectivity index (χ1) is 8.59. The zero-order valence-electron chi connectivity index (χ0n) is 10.7. The van der Waals surface area contributed by atoms with Crippen molar-refractivity contribution >= 4 is 11.8 Å². The van der Waals surface area contributed by atoms with Gasteiger partial charge in [0.05, 0.1) is 11.8 Å². The minimum absolute atomic E-state index is 0.0950. The van der Waals surface area contributed by atoms with Crippen molar-refractivity contribution in [3.05, 3.63) is 17.5 Å². The fraction of sp³-hybridized carbons (Fsp3) is 0.583. The van der Waals surface area contributed by atoms with E-state index in [0.29, 0.717) is 18.5 Å². The number of carbonyl (C=O) groups is 2. The minimum Gasteiger partial charge on any atom is -0.354 e. The van der Waals surface area contributed by atoms with E-state index in [0.717, 1.165) is 18.5 Å². The lowest BCUT2D eigenvalue weighted by atomic mass is 10.1. The molecular formula is C12H18N4O2. The van der Waals surface area contributed by atoms with Crippen molar-refractivity contribution in [1.29, 1.82) is 0 Å². The summed E-state index contributed by atoms with van der Waals surface area (Å²) in [7, 11) is 1.78. The maximum atomic E-state index is 12.1.